The van der Waals surface area contributed by atoms with Gasteiger partial charge < -0.3 is 14.2 Å². The molecule has 0 aromatic carbocycles. The smallest absolute Gasteiger partial charge is 0.306 e. The molecule has 0 bridgehead atoms. The highest BCUT2D eigenvalue weighted by Crippen LogP contribution is 2.17. The number of ether oxygens (including phenoxy) is 3. The van der Waals surface area contributed by atoms with Crippen LogP contribution in [0, 0.1) is 5.92 Å². The lowest BCUT2D eigenvalue weighted by Crippen LogP contribution is -2.30. The van der Waals surface area contributed by atoms with Gasteiger partial charge >= 0.3 is 17.9 Å². The molecule has 338 valence electrons. The molecule has 0 aliphatic heterocycles. The fraction of sp³-hybridized carbons (Fsp3) is 0.941. The Morgan fingerprint density at radius 3 is 0.860 bits per heavy atom. The number of carbonyl (C=O) groups is 3. The van der Waals surface area contributed by atoms with Crippen LogP contribution in [0.3, 0.4) is 0 Å². The van der Waals surface area contributed by atoms with Crippen molar-refractivity contribution in [2.24, 2.45) is 5.92 Å². The Bertz CT molecular complexity index is 857. The van der Waals surface area contributed by atoms with Crippen molar-refractivity contribution in [2.45, 2.75) is 291 Å². The lowest BCUT2D eigenvalue weighted by atomic mass is 10.0. The summed E-state index contributed by atoms with van der Waals surface area (Å²) >= 11 is 0. The first-order valence-electron chi connectivity index (χ1n) is 25.4. The standard InChI is InChI=1S/C51H98O6/c1-5-7-9-11-13-14-23-28-32-36-40-44-51(54)57-48(45-55-49(52)42-38-34-29-12-10-8-6-2)46-56-50(53)43-39-35-31-27-25-22-20-18-16-15-17-19-21-24-26-30-33-37-41-47(3)4/h47-48H,5-46H2,1-4H3/t48-/m0/s1. The van der Waals surface area contributed by atoms with E-state index in [0.717, 1.165) is 63.7 Å². The predicted octanol–water partition coefficient (Wildman–Crippen LogP) is 16.3. The van der Waals surface area contributed by atoms with Crippen molar-refractivity contribution < 1.29 is 28.6 Å². The summed E-state index contributed by atoms with van der Waals surface area (Å²) in [5.74, 6) is 0.00485. The molecule has 0 heterocycles. The third-order valence-corrected chi connectivity index (χ3v) is 11.5. The highest BCUT2D eigenvalue weighted by Gasteiger charge is 2.19. The molecule has 57 heavy (non-hydrogen) atoms. The summed E-state index contributed by atoms with van der Waals surface area (Å²) in [4.78, 5) is 37.7. The number of esters is 3. The Kier molecular flexibility index (Phi) is 44.2. The summed E-state index contributed by atoms with van der Waals surface area (Å²) in [5.41, 5.74) is 0. The second-order valence-electron chi connectivity index (χ2n) is 17.9. The fourth-order valence-corrected chi connectivity index (χ4v) is 7.69. The van der Waals surface area contributed by atoms with E-state index in [0.29, 0.717) is 19.3 Å². The van der Waals surface area contributed by atoms with Gasteiger partial charge in [-0.15, -0.1) is 0 Å². The predicted molar refractivity (Wildman–Crippen MR) is 243 cm³/mol. The van der Waals surface area contributed by atoms with Crippen LogP contribution in [0.15, 0.2) is 0 Å². The second kappa shape index (κ2) is 45.5. The van der Waals surface area contributed by atoms with Crippen molar-refractivity contribution in [3.8, 4) is 0 Å². The zero-order chi connectivity index (χ0) is 41.7. The van der Waals surface area contributed by atoms with E-state index in [2.05, 4.69) is 27.7 Å². The van der Waals surface area contributed by atoms with E-state index in [1.807, 2.05) is 0 Å². The van der Waals surface area contributed by atoms with E-state index in [1.54, 1.807) is 0 Å². The maximum Gasteiger partial charge on any atom is 0.306 e. The largest absolute Gasteiger partial charge is 0.462 e. The van der Waals surface area contributed by atoms with Gasteiger partial charge in [-0.3, -0.25) is 14.4 Å². The Morgan fingerprint density at radius 1 is 0.333 bits per heavy atom. The quantitative estimate of drug-likeness (QED) is 0.0346. The van der Waals surface area contributed by atoms with Gasteiger partial charge in [0.1, 0.15) is 13.2 Å². The van der Waals surface area contributed by atoms with Crippen molar-refractivity contribution >= 4 is 17.9 Å². The van der Waals surface area contributed by atoms with Crippen LogP contribution in [0.4, 0.5) is 0 Å². The molecule has 0 amide bonds. The zero-order valence-corrected chi connectivity index (χ0v) is 38.8. The molecular formula is C51H98O6. The second-order valence-corrected chi connectivity index (χ2v) is 17.9. The minimum atomic E-state index is -0.758. The van der Waals surface area contributed by atoms with Gasteiger partial charge in [-0.2, -0.15) is 0 Å². The van der Waals surface area contributed by atoms with Crippen LogP contribution in [0.2, 0.25) is 0 Å². The molecule has 0 N–H and O–H groups in total. The fourth-order valence-electron chi connectivity index (χ4n) is 7.69. The van der Waals surface area contributed by atoms with Crippen molar-refractivity contribution in [1.82, 2.24) is 0 Å². The Morgan fingerprint density at radius 2 is 0.579 bits per heavy atom. The van der Waals surface area contributed by atoms with Gasteiger partial charge in [0.15, 0.2) is 6.10 Å². The van der Waals surface area contributed by atoms with Gasteiger partial charge in [0.05, 0.1) is 0 Å². The molecular weight excluding hydrogens is 709 g/mol. The minimum Gasteiger partial charge on any atom is -0.462 e. The molecule has 0 radical (unpaired) electrons. The van der Waals surface area contributed by atoms with E-state index < -0.39 is 6.10 Å². The summed E-state index contributed by atoms with van der Waals surface area (Å²) in [6.07, 6.45) is 46.8. The van der Waals surface area contributed by atoms with Crippen molar-refractivity contribution in [2.75, 3.05) is 13.2 Å². The number of rotatable bonds is 46. The lowest BCUT2D eigenvalue weighted by molar-refractivity contribution is -0.167. The molecule has 1 atom stereocenters. The van der Waals surface area contributed by atoms with Gasteiger partial charge in [-0.05, 0) is 25.2 Å². The van der Waals surface area contributed by atoms with Crippen LogP contribution >= 0.6 is 0 Å². The molecule has 6 heteroatoms. The molecule has 0 rings (SSSR count). The Hall–Kier alpha value is -1.59. The normalized spacial score (nSPS) is 11.9. The number of carbonyl (C=O) groups excluding carboxylic acids is 3. The highest BCUT2D eigenvalue weighted by molar-refractivity contribution is 5.71. The van der Waals surface area contributed by atoms with Gasteiger partial charge in [-0.25, -0.2) is 0 Å². The topological polar surface area (TPSA) is 78.9 Å². The molecule has 0 aliphatic rings. The van der Waals surface area contributed by atoms with Gasteiger partial charge in [-0.1, -0.05) is 246 Å². The maximum absolute atomic E-state index is 12.7. The van der Waals surface area contributed by atoms with Gasteiger partial charge in [0, 0.05) is 19.3 Å². The van der Waals surface area contributed by atoms with Crippen LogP contribution in [0.25, 0.3) is 0 Å². The minimum absolute atomic E-state index is 0.0633. The average molecular weight is 807 g/mol. The molecule has 0 aromatic heterocycles. The first-order chi connectivity index (χ1) is 27.9. The Balaban J connectivity index is 4.11. The first-order valence-corrected chi connectivity index (χ1v) is 25.4. The third kappa shape index (κ3) is 45.3. The number of unbranched alkanes of at least 4 members (excludes halogenated alkanes) is 33. The molecule has 0 fully saturated rings. The van der Waals surface area contributed by atoms with Crippen LogP contribution < -0.4 is 0 Å². The first kappa shape index (κ1) is 55.4. The summed E-state index contributed by atoms with van der Waals surface area (Å²) in [6, 6.07) is 0. The molecule has 0 saturated carbocycles. The van der Waals surface area contributed by atoms with Crippen LogP contribution in [0.1, 0.15) is 285 Å². The monoisotopic (exact) mass is 807 g/mol. The number of hydrogen-bond donors (Lipinski definition) is 0. The Labute approximate surface area is 355 Å². The third-order valence-electron chi connectivity index (χ3n) is 11.5. The van der Waals surface area contributed by atoms with E-state index >= 15 is 0 Å². The SMILES string of the molecule is CCCCCCCCCCCCCC(=O)O[C@@H](COC(=O)CCCCCCCCC)COC(=O)CCCCCCCCCCCCCCCCCCCCC(C)C. The van der Waals surface area contributed by atoms with E-state index in [9.17, 15) is 14.4 Å². The van der Waals surface area contributed by atoms with Gasteiger partial charge in [0.2, 0.25) is 0 Å². The van der Waals surface area contributed by atoms with Gasteiger partial charge in [0.25, 0.3) is 0 Å². The van der Waals surface area contributed by atoms with E-state index in [4.69, 9.17) is 14.2 Å². The van der Waals surface area contributed by atoms with E-state index in [1.165, 1.54) is 180 Å². The summed E-state index contributed by atoms with van der Waals surface area (Å²) < 4.78 is 16.7. The number of hydrogen-bond acceptors (Lipinski definition) is 6. The summed E-state index contributed by atoms with van der Waals surface area (Å²) in [7, 11) is 0. The highest BCUT2D eigenvalue weighted by atomic mass is 16.6. The van der Waals surface area contributed by atoms with Crippen molar-refractivity contribution in [3.63, 3.8) is 0 Å². The van der Waals surface area contributed by atoms with Crippen LogP contribution in [0.5, 0.6) is 0 Å². The molecule has 0 saturated heterocycles. The molecule has 0 unspecified atom stereocenters. The summed E-state index contributed by atoms with van der Waals surface area (Å²) in [6.45, 7) is 8.99. The van der Waals surface area contributed by atoms with Crippen molar-refractivity contribution in [1.29, 1.82) is 0 Å². The molecule has 0 aliphatic carbocycles. The molecule has 0 aromatic rings. The van der Waals surface area contributed by atoms with Crippen LogP contribution in [-0.2, 0) is 28.6 Å². The van der Waals surface area contributed by atoms with E-state index in [-0.39, 0.29) is 31.1 Å². The van der Waals surface area contributed by atoms with Crippen LogP contribution in [-0.4, -0.2) is 37.2 Å². The lowest BCUT2D eigenvalue weighted by Gasteiger charge is -2.18. The molecule has 6 nitrogen and oxygen atoms in total. The van der Waals surface area contributed by atoms with Crippen molar-refractivity contribution in [3.05, 3.63) is 0 Å². The average Bonchev–Trinajstić information content (AvgIpc) is 3.19. The summed E-state index contributed by atoms with van der Waals surface area (Å²) in [5, 5.41) is 0. The maximum atomic E-state index is 12.7. The zero-order valence-electron chi connectivity index (χ0n) is 38.8. The molecule has 0 spiro atoms.